The van der Waals surface area contributed by atoms with Crippen molar-refractivity contribution in [1.82, 2.24) is 14.8 Å². The van der Waals surface area contributed by atoms with Gasteiger partial charge in [0.25, 0.3) is 5.91 Å². The largest absolute Gasteiger partial charge is 0.346 e. The highest BCUT2D eigenvalue weighted by Crippen LogP contribution is 2.20. The van der Waals surface area contributed by atoms with E-state index in [0.29, 0.717) is 6.04 Å². The molecule has 1 fully saturated rings. The van der Waals surface area contributed by atoms with Gasteiger partial charge in [-0.1, -0.05) is 36.8 Å². The van der Waals surface area contributed by atoms with Gasteiger partial charge < -0.3 is 9.88 Å². The lowest BCUT2D eigenvalue weighted by Crippen LogP contribution is -2.45. The smallest absolute Gasteiger partial charge is 0.268 e. The third-order valence-corrected chi connectivity index (χ3v) is 5.70. The number of amides is 1. The second-order valence-corrected chi connectivity index (χ2v) is 8.58. The summed E-state index contributed by atoms with van der Waals surface area (Å²) in [5, 5.41) is 3.21. The first-order chi connectivity index (χ1) is 12.9. The third kappa shape index (κ3) is 5.01. The normalized spacial score (nSPS) is 18.4. The van der Waals surface area contributed by atoms with Crippen LogP contribution >= 0.6 is 0 Å². The molecule has 0 spiro atoms. The summed E-state index contributed by atoms with van der Waals surface area (Å²) in [5.74, 6) is -0.00336. The van der Waals surface area contributed by atoms with Gasteiger partial charge in [-0.25, -0.2) is 0 Å². The Labute approximate surface area is 163 Å². The molecule has 1 atom stereocenters. The van der Waals surface area contributed by atoms with Crippen molar-refractivity contribution in [3.8, 4) is 0 Å². The molecule has 0 aliphatic carbocycles. The summed E-state index contributed by atoms with van der Waals surface area (Å²) in [6, 6.07) is 15.0. The van der Waals surface area contributed by atoms with Gasteiger partial charge in [0.15, 0.2) is 0 Å². The minimum absolute atomic E-state index is 0.00336. The van der Waals surface area contributed by atoms with Gasteiger partial charge in [0, 0.05) is 30.9 Å². The van der Waals surface area contributed by atoms with Gasteiger partial charge in [0.05, 0.1) is 0 Å². The quantitative estimate of drug-likeness (QED) is 0.833. The highest BCUT2D eigenvalue weighted by Gasteiger charge is 2.24. The van der Waals surface area contributed by atoms with E-state index >= 15 is 0 Å². The molecule has 3 rings (SSSR count). The third-order valence-electron chi connectivity index (χ3n) is 5.70. The Morgan fingerprint density at radius 2 is 1.89 bits per heavy atom. The number of nitrogens with zero attached hydrogens (tertiary/aromatic N) is 2. The van der Waals surface area contributed by atoms with Crippen LogP contribution in [0.2, 0.25) is 0 Å². The van der Waals surface area contributed by atoms with E-state index in [0.717, 1.165) is 25.2 Å². The summed E-state index contributed by atoms with van der Waals surface area (Å²) >= 11 is 0. The molecule has 1 saturated heterocycles. The first kappa shape index (κ1) is 19.7. The number of rotatable bonds is 6. The van der Waals surface area contributed by atoms with Crippen molar-refractivity contribution in [2.75, 3.05) is 6.54 Å². The minimum Gasteiger partial charge on any atom is -0.346 e. The molecule has 27 heavy (non-hydrogen) atoms. The van der Waals surface area contributed by atoms with Crippen LogP contribution in [0.15, 0.2) is 42.5 Å². The van der Waals surface area contributed by atoms with Gasteiger partial charge in [0.2, 0.25) is 0 Å². The number of hydrogen-bond acceptors (Lipinski definition) is 2. The maximum atomic E-state index is 12.9. The van der Waals surface area contributed by atoms with Gasteiger partial charge in [-0.3, -0.25) is 9.69 Å². The van der Waals surface area contributed by atoms with Crippen LogP contribution in [0.3, 0.4) is 0 Å². The Morgan fingerprint density at radius 1 is 1.15 bits per heavy atom. The van der Waals surface area contributed by atoms with Crippen LogP contribution in [0.4, 0.5) is 0 Å². The van der Waals surface area contributed by atoms with Gasteiger partial charge in [-0.2, -0.15) is 0 Å². The van der Waals surface area contributed by atoms with Gasteiger partial charge >= 0.3 is 0 Å². The molecule has 1 aromatic heterocycles. The second kappa shape index (κ2) is 8.30. The molecule has 2 aromatic rings. The average molecular weight is 368 g/mol. The predicted molar refractivity (Wildman–Crippen MR) is 111 cm³/mol. The molecule has 1 N–H and O–H groups in total. The molecule has 0 bridgehead atoms. The lowest BCUT2D eigenvalue weighted by atomic mass is 9.95. The Hall–Kier alpha value is -2.07. The summed E-state index contributed by atoms with van der Waals surface area (Å²) in [6.07, 6.45) is 4.68. The van der Waals surface area contributed by atoms with Gasteiger partial charge in [-0.15, -0.1) is 0 Å². The SMILES string of the molecule is CC1CCCCN1Cc1ccc(C(=O)NC(C)(C)Cc2ccccc2)n1C. The first-order valence-electron chi connectivity index (χ1n) is 10.1. The predicted octanol–water partition coefficient (Wildman–Crippen LogP) is 4.15. The molecule has 0 saturated carbocycles. The molecule has 0 radical (unpaired) electrons. The van der Waals surface area contributed by atoms with Crippen molar-refractivity contribution >= 4 is 5.91 Å². The number of carbonyl (C=O) groups excluding carboxylic acids is 1. The molecular weight excluding hydrogens is 334 g/mol. The molecule has 1 aliphatic heterocycles. The fourth-order valence-electron chi connectivity index (χ4n) is 4.06. The first-order valence-corrected chi connectivity index (χ1v) is 10.1. The molecule has 4 heteroatoms. The average Bonchev–Trinajstić information content (AvgIpc) is 2.98. The van der Waals surface area contributed by atoms with E-state index < -0.39 is 0 Å². The molecule has 1 amide bonds. The summed E-state index contributed by atoms with van der Waals surface area (Å²) < 4.78 is 2.05. The monoisotopic (exact) mass is 367 g/mol. The van der Waals surface area contributed by atoms with Crippen LogP contribution in [0.25, 0.3) is 0 Å². The number of piperidine rings is 1. The second-order valence-electron chi connectivity index (χ2n) is 8.58. The molecule has 1 aliphatic rings. The van der Waals surface area contributed by atoms with Crippen molar-refractivity contribution in [3.05, 3.63) is 59.4 Å². The van der Waals surface area contributed by atoms with Crippen LogP contribution in [0, 0.1) is 0 Å². The Balaban J connectivity index is 1.65. The van der Waals surface area contributed by atoms with Crippen molar-refractivity contribution in [1.29, 1.82) is 0 Å². The number of likely N-dealkylation sites (tertiary alicyclic amines) is 1. The fourth-order valence-corrected chi connectivity index (χ4v) is 4.06. The van der Waals surface area contributed by atoms with Crippen LogP contribution in [-0.2, 0) is 20.0 Å². The molecule has 2 heterocycles. The number of nitrogens with one attached hydrogen (secondary N) is 1. The van der Waals surface area contributed by atoms with E-state index in [1.54, 1.807) is 0 Å². The van der Waals surface area contributed by atoms with Crippen LogP contribution in [0.5, 0.6) is 0 Å². The van der Waals surface area contributed by atoms with Crippen molar-refractivity contribution in [3.63, 3.8) is 0 Å². The summed E-state index contributed by atoms with van der Waals surface area (Å²) in [7, 11) is 2.00. The molecule has 1 aromatic carbocycles. The van der Waals surface area contributed by atoms with Crippen molar-refractivity contribution in [2.45, 2.75) is 64.6 Å². The van der Waals surface area contributed by atoms with Gasteiger partial charge in [-0.05, 0) is 64.3 Å². The standard InChI is InChI=1S/C23H33N3O/c1-18-10-8-9-15-26(18)17-20-13-14-21(25(20)4)22(27)24-23(2,3)16-19-11-6-5-7-12-19/h5-7,11-14,18H,8-10,15-17H2,1-4H3,(H,24,27). The molecule has 146 valence electrons. The zero-order chi connectivity index (χ0) is 19.4. The van der Waals surface area contributed by atoms with Crippen LogP contribution < -0.4 is 5.32 Å². The minimum atomic E-state index is -0.301. The Bertz CT molecular complexity index is 763. The number of carbonyl (C=O) groups is 1. The van der Waals surface area contributed by atoms with Crippen LogP contribution in [0.1, 0.15) is 61.8 Å². The number of benzene rings is 1. The molecule has 4 nitrogen and oxygen atoms in total. The summed E-state index contributed by atoms with van der Waals surface area (Å²) in [6.45, 7) is 8.53. The topological polar surface area (TPSA) is 37.3 Å². The Morgan fingerprint density at radius 3 is 2.59 bits per heavy atom. The molecular formula is C23H33N3O. The van der Waals surface area contributed by atoms with Crippen LogP contribution in [-0.4, -0.2) is 33.5 Å². The van der Waals surface area contributed by atoms with Crippen molar-refractivity contribution in [2.24, 2.45) is 7.05 Å². The Kier molecular flexibility index (Phi) is 6.05. The number of hydrogen-bond donors (Lipinski definition) is 1. The van der Waals surface area contributed by atoms with E-state index in [4.69, 9.17) is 0 Å². The highest BCUT2D eigenvalue weighted by molar-refractivity contribution is 5.93. The highest BCUT2D eigenvalue weighted by atomic mass is 16.2. The number of aromatic nitrogens is 1. The zero-order valence-electron chi connectivity index (χ0n) is 17.2. The maximum absolute atomic E-state index is 12.9. The lowest BCUT2D eigenvalue weighted by molar-refractivity contribution is 0.0903. The maximum Gasteiger partial charge on any atom is 0.268 e. The summed E-state index contributed by atoms with van der Waals surface area (Å²) in [5.41, 5.74) is 2.87. The van der Waals surface area contributed by atoms with E-state index in [2.05, 4.69) is 53.8 Å². The van der Waals surface area contributed by atoms with E-state index in [1.165, 1.54) is 30.5 Å². The van der Waals surface area contributed by atoms with Gasteiger partial charge in [0.1, 0.15) is 5.69 Å². The van der Waals surface area contributed by atoms with E-state index in [9.17, 15) is 4.79 Å². The fraction of sp³-hybridized carbons (Fsp3) is 0.522. The van der Waals surface area contributed by atoms with E-state index in [-0.39, 0.29) is 11.4 Å². The lowest BCUT2D eigenvalue weighted by Gasteiger charge is -2.33. The molecule has 1 unspecified atom stereocenters. The summed E-state index contributed by atoms with van der Waals surface area (Å²) in [4.78, 5) is 15.4. The zero-order valence-corrected chi connectivity index (χ0v) is 17.2. The van der Waals surface area contributed by atoms with E-state index in [1.807, 2.05) is 31.3 Å². The van der Waals surface area contributed by atoms with Crippen molar-refractivity contribution < 1.29 is 4.79 Å².